The van der Waals surface area contributed by atoms with Crippen LogP contribution in [0.25, 0.3) is 0 Å². The monoisotopic (exact) mass is 306 g/mol. The minimum atomic E-state index is -0.558. The van der Waals surface area contributed by atoms with Gasteiger partial charge in [0.25, 0.3) is 0 Å². The second kappa shape index (κ2) is 5.23. The lowest BCUT2D eigenvalue weighted by molar-refractivity contribution is -0.125. The Kier molecular flexibility index (Phi) is 3.18. The summed E-state index contributed by atoms with van der Waals surface area (Å²) in [5.74, 6) is -0.213. The molecule has 116 valence electrons. The van der Waals surface area contributed by atoms with Gasteiger partial charge >= 0.3 is 0 Å². The van der Waals surface area contributed by atoms with E-state index < -0.39 is 11.9 Å². The normalized spacial score (nSPS) is 25.0. The molecule has 0 aromatic heterocycles. The summed E-state index contributed by atoms with van der Waals surface area (Å²) in [6.45, 7) is 0. The van der Waals surface area contributed by atoms with Crippen LogP contribution in [0, 0.1) is 5.92 Å². The number of fused-ring (bicyclic) bond motifs is 1. The van der Waals surface area contributed by atoms with Crippen LogP contribution in [0.15, 0.2) is 54.6 Å². The fraction of sp³-hybridized carbons (Fsp3) is 0.263. The highest BCUT2D eigenvalue weighted by Gasteiger charge is 2.49. The second-order valence-electron chi connectivity index (χ2n) is 6.32. The van der Waals surface area contributed by atoms with E-state index in [1.807, 2.05) is 42.5 Å². The van der Waals surface area contributed by atoms with E-state index in [1.54, 1.807) is 4.90 Å². The zero-order valence-corrected chi connectivity index (χ0v) is 12.7. The maximum absolute atomic E-state index is 13.0. The Hall–Kier alpha value is -2.62. The maximum atomic E-state index is 13.0. The molecule has 2 amide bonds. The van der Waals surface area contributed by atoms with Gasteiger partial charge in [0.05, 0.1) is 0 Å². The highest BCUT2D eigenvalue weighted by molar-refractivity contribution is 6.05. The summed E-state index contributed by atoms with van der Waals surface area (Å²) >= 11 is 0. The Morgan fingerprint density at radius 3 is 2.43 bits per heavy atom. The number of nitrogens with two attached hydrogens (primary N) is 1. The predicted octanol–water partition coefficient (Wildman–Crippen LogP) is 2.23. The van der Waals surface area contributed by atoms with Crippen LogP contribution < -0.4 is 10.6 Å². The fourth-order valence-corrected chi connectivity index (χ4v) is 3.60. The molecule has 0 unspecified atom stereocenters. The van der Waals surface area contributed by atoms with Crippen LogP contribution >= 0.6 is 0 Å². The molecule has 0 radical (unpaired) electrons. The molecule has 2 aromatic rings. The number of hydrogen-bond acceptors (Lipinski definition) is 2. The smallest absolute Gasteiger partial charge is 0.240 e. The van der Waals surface area contributed by atoms with E-state index in [9.17, 15) is 9.59 Å². The van der Waals surface area contributed by atoms with Crippen molar-refractivity contribution in [3.05, 3.63) is 65.7 Å². The van der Waals surface area contributed by atoms with Crippen molar-refractivity contribution in [2.24, 2.45) is 11.7 Å². The van der Waals surface area contributed by atoms with Crippen LogP contribution in [0.2, 0.25) is 0 Å². The lowest BCUT2D eigenvalue weighted by Gasteiger charge is -2.23. The number of carbonyl (C=O) groups excluding carboxylic acids is 2. The third kappa shape index (κ3) is 2.31. The van der Waals surface area contributed by atoms with Crippen molar-refractivity contribution in [2.45, 2.75) is 24.8 Å². The predicted molar refractivity (Wildman–Crippen MR) is 87.9 cm³/mol. The fourth-order valence-electron chi connectivity index (χ4n) is 3.60. The molecule has 3 atom stereocenters. The molecule has 2 N–H and O–H groups in total. The lowest BCUT2D eigenvalue weighted by atomic mass is 10.1. The van der Waals surface area contributed by atoms with Crippen LogP contribution in [-0.4, -0.2) is 17.9 Å². The number of primary amides is 1. The molecule has 1 aliphatic carbocycles. The summed E-state index contributed by atoms with van der Waals surface area (Å²) in [6.07, 6.45) is 1.35. The zero-order chi connectivity index (χ0) is 16.0. The van der Waals surface area contributed by atoms with Gasteiger partial charge in [-0.25, -0.2) is 0 Å². The number of benzene rings is 2. The van der Waals surface area contributed by atoms with Gasteiger partial charge in [-0.15, -0.1) is 0 Å². The highest BCUT2D eigenvalue weighted by Crippen LogP contribution is 2.50. The van der Waals surface area contributed by atoms with Gasteiger partial charge in [0.15, 0.2) is 0 Å². The molecule has 1 fully saturated rings. The Bertz CT molecular complexity index is 772. The molecular formula is C19H18N2O2. The number of amides is 2. The van der Waals surface area contributed by atoms with Crippen LogP contribution in [-0.2, 0) is 16.0 Å². The Labute approximate surface area is 134 Å². The van der Waals surface area contributed by atoms with Gasteiger partial charge in [-0.3, -0.25) is 14.5 Å². The molecule has 0 bridgehead atoms. The summed E-state index contributed by atoms with van der Waals surface area (Å²) in [6, 6.07) is 17.2. The average molecular weight is 306 g/mol. The van der Waals surface area contributed by atoms with Crippen LogP contribution in [0.1, 0.15) is 23.5 Å². The number of para-hydroxylation sites is 1. The molecule has 23 heavy (non-hydrogen) atoms. The zero-order valence-electron chi connectivity index (χ0n) is 12.7. The van der Waals surface area contributed by atoms with Gasteiger partial charge in [0, 0.05) is 18.0 Å². The standard InChI is InChI=1S/C19H18N2O2/c20-18(22)17-10-13-8-4-5-9-16(13)21(17)19(23)15-11-14(15)12-6-2-1-3-7-12/h1-9,14-15,17H,10-11H2,(H2,20,22)/t14-,15+,17+/m1/s1. The molecule has 0 spiro atoms. The van der Waals surface area contributed by atoms with Crippen molar-refractivity contribution >= 4 is 17.5 Å². The minimum Gasteiger partial charge on any atom is -0.368 e. The van der Waals surface area contributed by atoms with Crippen LogP contribution in [0.3, 0.4) is 0 Å². The molecule has 2 aromatic carbocycles. The third-order valence-electron chi connectivity index (χ3n) is 4.88. The summed E-state index contributed by atoms with van der Waals surface area (Å²) in [5, 5.41) is 0. The van der Waals surface area contributed by atoms with Gasteiger partial charge in [-0.05, 0) is 29.5 Å². The summed E-state index contributed by atoms with van der Waals surface area (Å²) in [5.41, 5.74) is 8.58. The second-order valence-corrected chi connectivity index (χ2v) is 6.32. The average Bonchev–Trinajstić information content (AvgIpc) is 3.28. The molecule has 2 aliphatic rings. The van der Waals surface area contributed by atoms with Crippen LogP contribution in [0.5, 0.6) is 0 Å². The number of anilines is 1. The number of nitrogens with zero attached hydrogens (tertiary/aromatic N) is 1. The van der Waals surface area contributed by atoms with Crippen molar-refractivity contribution in [3.8, 4) is 0 Å². The van der Waals surface area contributed by atoms with E-state index in [-0.39, 0.29) is 17.7 Å². The first-order chi connectivity index (χ1) is 11.2. The van der Waals surface area contributed by atoms with Gasteiger partial charge in [-0.1, -0.05) is 48.5 Å². The topological polar surface area (TPSA) is 63.4 Å². The van der Waals surface area contributed by atoms with Crippen molar-refractivity contribution in [2.75, 3.05) is 4.90 Å². The van der Waals surface area contributed by atoms with Crippen molar-refractivity contribution in [1.82, 2.24) is 0 Å². The molecule has 4 heteroatoms. The molecule has 1 heterocycles. The lowest BCUT2D eigenvalue weighted by Crippen LogP contribution is -2.46. The number of hydrogen-bond donors (Lipinski definition) is 1. The SMILES string of the molecule is NC(=O)[C@@H]1Cc2ccccc2N1C(=O)[C@H]1C[C@@H]1c1ccccc1. The first-order valence-electron chi connectivity index (χ1n) is 7.92. The largest absolute Gasteiger partial charge is 0.368 e. The summed E-state index contributed by atoms with van der Waals surface area (Å²) in [4.78, 5) is 26.4. The molecule has 1 aliphatic heterocycles. The summed E-state index contributed by atoms with van der Waals surface area (Å²) < 4.78 is 0. The molecule has 1 saturated carbocycles. The first kappa shape index (κ1) is 14.0. The highest BCUT2D eigenvalue weighted by atomic mass is 16.2. The van der Waals surface area contributed by atoms with Crippen molar-refractivity contribution in [3.63, 3.8) is 0 Å². The van der Waals surface area contributed by atoms with E-state index in [1.165, 1.54) is 5.56 Å². The van der Waals surface area contributed by atoms with Gasteiger partial charge in [-0.2, -0.15) is 0 Å². The number of rotatable bonds is 3. The maximum Gasteiger partial charge on any atom is 0.240 e. The van der Waals surface area contributed by atoms with E-state index >= 15 is 0 Å². The van der Waals surface area contributed by atoms with E-state index in [4.69, 9.17) is 5.73 Å². The van der Waals surface area contributed by atoms with Crippen molar-refractivity contribution < 1.29 is 9.59 Å². The van der Waals surface area contributed by atoms with E-state index in [2.05, 4.69) is 12.1 Å². The summed E-state index contributed by atoms with van der Waals surface area (Å²) in [7, 11) is 0. The molecular weight excluding hydrogens is 288 g/mol. The van der Waals surface area contributed by atoms with E-state index in [0.29, 0.717) is 6.42 Å². The minimum absolute atomic E-state index is 0.0209. The molecule has 4 rings (SSSR count). The number of carbonyl (C=O) groups is 2. The van der Waals surface area contributed by atoms with Gasteiger partial charge < -0.3 is 5.73 Å². The quantitative estimate of drug-likeness (QED) is 0.945. The Balaban J connectivity index is 1.61. The molecule has 4 nitrogen and oxygen atoms in total. The van der Waals surface area contributed by atoms with Gasteiger partial charge in [0.1, 0.15) is 6.04 Å². The Morgan fingerprint density at radius 2 is 1.70 bits per heavy atom. The van der Waals surface area contributed by atoms with Crippen LogP contribution in [0.4, 0.5) is 5.69 Å². The first-order valence-corrected chi connectivity index (χ1v) is 7.92. The third-order valence-corrected chi connectivity index (χ3v) is 4.88. The Morgan fingerprint density at radius 1 is 1.00 bits per heavy atom. The van der Waals surface area contributed by atoms with Gasteiger partial charge in [0.2, 0.25) is 11.8 Å². The van der Waals surface area contributed by atoms with Crippen molar-refractivity contribution in [1.29, 1.82) is 0 Å². The van der Waals surface area contributed by atoms with E-state index in [0.717, 1.165) is 17.7 Å². The molecule has 0 saturated heterocycles.